The highest BCUT2D eigenvalue weighted by Crippen LogP contribution is 2.28. The first-order valence-electron chi connectivity index (χ1n) is 10.9. The SMILES string of the molecule is CC1=NCCN=C(C)c2cc(C)cc(c2O)C(C)=NCCN=C(C)c2cc(C)cc1c2O. The van der Waals surface area contributed by atoms with Gasteiger partial charge in [-0.1, -0.05) is 0 Å². The second-order valence-corrected chi connectivity index (χ2v) is 8.29. The van der Waals surface area contributed by atoms with Gasteiger partial charge in [-0.05, 0) is 76.9 Å². The summed E-state index contributed by atoms with van der Waals surface area (Å²) in [5.74, 6) is 0.405. The second-order valence-electron chi connectivity index (χ2n) is 8.29. The zero-order valence-corrected chi connectivity index (χ0v) is 19.8. The number of benzene rings is 2. The fourth-order valence-corrected chi connectivity index (χ4v) is 3.87. The third kappa shape index (κ3) is 5.13. The van der Waals surface area contributed by atoms with Crippen molar-refractivity contribution in [3.8, 4) is 11.5 Å². The lowest BCUT2D eigenvalue weighted by Gasteiger charge is -2.13. The van der Waals surface area contributed by atoms with Gasteiger partial charge in [0.2, 0.25) is 0 Å². The van der Waals surface area contributed by atoms with Crippen molar-refractivity contribution in [2.24, 2.45) is 20.0 Å². The summed E-state index contributed by atoms with van der Waals surface area (Å²) in [7, 11) is 0. The number of aliphatic imine (C=N–C) groups is 4. The molecule has 1 aliphatic heterocycles. The Hall–Kier alpha value is -3.28. The van der Waals surface area contributed by atoms with Gasteiger partial charge in [0.1, 0.15) is 11.5 Å². The Morgan fingerprint density at radius 3 is 0.906 bits per heavy atom. The van der Waals surface area contributed by atoms with Crippen molar-refractivity contribution in [1.29, 1.82) is 0 Å². The number of nitrogens with zero attached hydrogens (tertiary/aromatic N) is 4. The van der Waals surface area contributed by atoms with Crippen molar-refractivity contribution in [3.63, 3.8) is 0 Å². The van der Waals surface area contributed by atoms with Crippen LogP contribution in [-0.4, -0.2) is 59.2 Å². The lowest BCUT2D eigenvalue weighted by molar-refractivity contribution is 0.472. The molecule has 0 atom stereocenters. The van der Waals surface area contributed by atoms with Crippen LogP contribution >= 0.6 is 0 Å². The topological polar surface area (TPSA) is 89.9 Å². The molecule has 2 aromatic rings. The van der Waals surface area contributed by atoms with Gasteiger partial charge in [-0.15, -0.1) is 0 Å². The van der Waals surface area contributed by atoms with E-state index in [1.807, 2.05) is 65.8 Å². The molecule has 1 aliphatic rings. The molecule has 32 heavy (non-hydrogen) atoms. The number of rotatable bonds is 0. The maximum atomic E-state index is 10.9. The monoisotopic (exact) mass is 432 g/mol. The quantitative estimate of drug-likeness (QED) is 0.634. The lowest BCUT2D eigenvalue weighted by Crippen LogP contribution is -2.08. The number of hydrogen-bond acceptors (Lipinski definition) is 6. The minimum absolute atomic E-state index is 0.203. The number of fused-ring (bicyclic) bond motifs is 4. The molecule has 0 saturated heterocycles. The molecule has 0 unspecified atom stereocenters. The van der Waals surface area contributed by atoms with Crippen LogP contribution in [0.1, 0.15) is 61.1 Å². The normalized spacial score (nSPS) is 15.7. The number of phenolic OH excluding ortho intramolecular Hbond substituents is 2. The molecule has 0 spiro atoms. The highest BCUT2D eigenvalue weighted by atomic mass is 16.3. The maximum Gasteiger partial charge on any atom is 0.133 e. The summed E-state index contributed by atoms with van der Waals surface area (Å²) in [4.78, 5) is 18.5. The molecule has 0 fully saturated rings. The van der Waals surface area contributed by atoms with Gasteiger partial charge in [0.05, 0.1) is 26.2 Å². The first-order chi connectivity index (χ1) is 15.2. The zero-order chi connectivity index (χ0) is 23.4. The Morgan fingerprint density at radius 1 is 0.469 bits per heavy atom. The number of aryl methyl sites for hydroxylation is 2. The molecule has 1 heterocycles. The molecule has 6 heteroatoms. The summed E-state index contributed by atoms with van der Waals surface area (Å²) in [5.41, 5.74) is 7.97. The molecule has 4 bridgehead atoms. The fraction of sp³-hybridized carbons (Fsp3) is 0.385. The van der Waals surface area contributed by atoms with Crippen LogP contribution in [-0.2, 0) is 0 Å². The maximum absolute atomic E-state index is 10.9. The Labute approximate surface area is 190 Å². The summed E-state index contributed by atoms with van der Waals surface area (Å²) in [6, 6.07) is 7.77. The van der Waals surface area contributed by atoms with Crippen molar-refractivity contribution >= 4 is 22.8 Å². The number of aromatic hydroxyl groups is 2. The van der Waals surface area contributed by atoms with Crippen molar-refractivity contribution in [2.75, 3.05) is 26.2 Å². The van der Waals surface area contributed by atoms with E-state index in [0.29, 0.717) is 48.4 Å². The van der Waals surface area contributed by atoms with Gasteiger partial charge >= 0.3 is 0 Å². The average molecular weight is 433 g/mol. The number of hydrogen-bond donors (Lipinski definition) is 2. The van der Waals surface area contributed by atoms with Crippen molar-refractivity contribution in [2.45, 2.75) is 41.5 Å². The van der Waals surface area contributed by atoms with Crippen LogP contribution in [0.2, 0.25) is 0 Å². The highest BCUT2D eigenvalue weighted by Gasteiger charge is 2.15. The predicted molar refractivity (Wildman–Crippen MR) is 134 cm³/mol. The van der Waals surface area contributed by atoms with Crippen molar-refractivity contribution < 1.29 is 10.2 Å². The number of phenols is 2. The summed E-state index contributed by atoms with van der Waals surface area (Å²) in [5, 5.41) is 21.8. The van der Waals surface area contributed by atoms with E-state index in [2.05, 4.69) is 20.0 Å². The van der Waals surface area contributed by atoms with Crippen LogP contribution < -0.4 is 0 Å². The molecule has 0 saturated carbocycles. The lowest BCUT2D eigenvalue weighted by atomic mass is 9.99. The van der Waals surface area contributed by atoms with Crippen LogP contribution in [0.3, 0.4) is 0 Å². The molecule has 0 aromatic heterocycles. The van der Waals surface area contributed by atoms with Crippen LogP contribution in [0.25, 0.3) is 0 Å². The van der Waals surface area contributed by atoms with Gasteiger partial charge in [0, 0.05) is 45.1 Å². The second kappa shape index (κ2) is 9.90. The van der Waals surface area contributed by atoms with E-state index in [4.69, 9.17) is 0 Å². The zero-order valence-electron chi connectivity index (χ0n) is 19.8. The Morgan fingerprint density at radius 2 is 0.688 bits per heavy atom. The molecule has 3 rings (SSSR count). The van der Waals surface area contributed by atoms with Crippen LogP contribution in [0.4, 0.5) is 0 Å². The van der Waals surface area contributed by atoms with Gasteiger partial charge in [0.15, 0.2) is 0 Å². The minimum Gasteiger partial charge on any atom is -0.507 e. The van der Waals surface area contributed by atoms with E-state index < -0.39 is 0 Å². The summed E-state index contributed by atoms with van der Waals surface area (Å²) < 4.78 is 0. The largest absolute Gasteiger partial charge is 0.507 e. The van der Waals surface area contributed by atoms with E-state index in [1.54, 1.807) is 0 Å². The van der Waals surface area contributed by atoms with Crippen molar-refractivity contribution in [3.05, 3.63) is 57.6 Å². The van der Waals surface area contributed by atoms with Gasteiger partial charge in [0.25, 0.3) is 0 Å². The molecule has 0 aliphatic carbocycles. The first kappa shape index (κ1) is 23.4. The molecule has 6 nitrogen and oxygen atoms in total. The Kier molecular flexibility index (Phi) is 7.23. The molecule has 2 aromatic carbocycles. The first-order valence-corrected chi connectivity index (χ1v) is 10.9. The summed E-state index contributed by atoms with van der Waals surface area (Å²) in [6.07, 6.45) is 0. The van der Waals surface area contributed by atoms with Gasteiger partial charge in [-0.3, -0.25) is 20.0 Å². The van der Waals surface area contributed by atoms with Gasteiger partial charge < -0.3 is 10.2 Å². The van der Waals surface area contributed by atoms with Gasteiger partial charge in [-0.25, -0.2) is 0 Å². The molecule has 0 amide bonds. The molecule has 0 radical (unpaired) electrons. The Balaban J connectivity index is 2.10. The van der Waals surface area contributed by atoms with E-state index in [1.165, 1.54) is 0 Å². The fourth-order valence-electron chi connectivity index (χ4n) is 3.87. The van der Waals surface area contributed by atoms with Crippen LogP contribution in [0.5, 0.6) is 11.5 Å². The van der Waals surface area contributed by atoms with E-state index in [0.717, 1.165) is 34.0 Å². The third-order valence-electron chi connectivity index (χ3n) is 5.66. The standard InChI is InChI=1S/C26H32N4O2/c1-15-11-21-17(3)27-7-9-29-19(5)23-13-16(2)14-24(26(23)32)20(6)30-10-8-28-18(4)22(12-15)25(21)31/h11-14,31-32H,7-10H2,1-6H3. The molecule has 2 N–H and O–H groups in total. The summed E-state index contributed by atoms with van der Waals surface area (Å²) in [6.45, 7) is 13.5. The van der Waals surface area contributed by atoms with Gasteiger partial charge in [-0.2, -0.15) is 0 Å². The van der Waals surface area contributed by atoms with Crippen molar-refractivity contribution in [1.82, 2.24) is 0 Å². The molecular weight excluding hydrogens is 400 g/mol. The third-order valence-corrected chi connectivity index (χ3v) is 5.66. The highest BCUT2D eigenvalue weighted by molar-refractivity contribution is 6.09. The molecular formula is C26H32N4O2. The average Bonchev–Trinajstić information content (AvgIpc) is 2.75. The van der Waals surface area contributed by atoms with E-state index in [-0.39, 0.29) is 11.5 Å². The van der Waals surface area contributed by atoms with E-state index in [9.17, 15) is 10.2 Å². The Bertz CT molecular complexity index is 983. The van der Waals surface area contributed by atoms with E-state index >= 15 is 0 Å². The minimum atomic E-state index is 0.203. The van der Waals surface area contributed by atoms with Crippen LogP contribution in [0.15, 0.2) is 44.2 Å². The summed E-state index contributed by atoms with van der Waals surface area (Å²) >= 11 is 0. The van der Waals surface area contributed by atoms with Crippen LogP contribution in [0, 0.1) is 13.8 Å². The smallest absolute Gasteiger partial charge is 0.133 e. The molecule has 168 valence electrons. The predicted octanol–water partition coefficient (Wildman–Crippen LogP) is 4.66.